The number of nitrogens with zero attached hydrogens (tertiary/aromatic N) is 3. The average molecular weight is 436 g/mol. The molecule has 1 aliphatic heterocycles. The maximum atomic E-state index is 13.6. The van der Waals surface area contributed by atoms with E-state index in [1.807, 2.05) is 13.8 Å². The Labute approximate surface area is 176 Å². The smallest absolute Gasteiger partial charge is 0.350 e. The van der Waals surface area contributed by atoms with Crippen molar-refractivity contribution in [2.75, 3.05) is 18.1 Å². The van der Waals surface area contributed by atoms with Gasteiger partial charge in [0.2, 0.25) is 0 Å². The third-order valence-electron chi connectivity index (χ3n) is 4.46. The van der Waals surface area contributed by atoms with Gasteiger partial charge in [0, 0.05) is 25.0 Å². The molecule has 0 atom stereocenters. The highest BCUT2D eigenvalue weighted by Gasteiger charge is 2.37. The summed E-state index contributed by atoms with van der Waals surface area (Å²) < 4.78 is 53.4. The number of benzene rings is 1. The molecule has 3 rings (SSSR count). The number of nitrogens with one attached hydrogen (secondary N) is 1. The molecular weight excluding hydrogens is 416 g/mol. The first kappa shape index (κ1) is 22.3. The second kappa shape index (κ2) is 8.75. The normalized spacial score (nSPS) is 14.2. The van der Waals surface area contributed by atoms with E-state index in [1.165, 1.54) is 11.1 Å². The van der Waals surface area contributed by atoms with Crippen molar-refractivity contribution in [1.29, 1.82) is 0 Å². The summed E-state index contributed by atoms with van der Waals surface area (Å²) in [5.74, 6) is -1.78. The number of carbonyl (C=O) groups excluding carboxylic acids is 2. The molecule has 0 unspecified atom stereocenters. The fourth-order valence-electron chi connectivity index (χ4n) is 3.03. The van der Waals surface area contributed by atoms with Crippen molar-refractivity contribution in [1.82, 2.24) is 15.2 Å². The van der Waals surface area contributed by atoms with Crippen molar-refractivity contribution in [2.45, 2.75) is 26.1 Å². The fourth-order valence-corrected chi connectivity index (χ4v) is 3.03. The third kappa shape index (κ3) is 5.19. The molecule has 2 heterocycles. The highest BCUT2D eigenvalue weighted by atomic mass is 19.4. The van der Waals surface area contributed by atoms with Crippen LogP contribution in [-0.4, -0.2) is 41.0 Å². The Morgan fingerprint density at radius 1 is 1.16 bits per heavy atom. The van der Waals surface area contributed by atoms with E-state index in [4.69, 9.17) is 0 Å². The van der Waals surface area contributed by atoms with E-state index < -0.39 is 29.0 Å². The predicted molar refractivity (Wildman–Crippen MR) is 106 cm³/mol. The molecule has 0 bridgehead atoms. The SMILES string of the molecule is CC(C)NC(=O)c1ccc(N2C=CCN(C(=O)c3cc(F)ccc3C(F)(F)F)C2)nc1. The monoisotopic (exact) mass is 436 g/mol. The zero-order chi connectivity index (χ0) is 22.8. The Morgan fingerprint density at radius 2 is 1.90 bits per heavy atom. The first-order valence-electron chi connectivity index (χ1n) is 9.42. The number of alkyl halides is 3. The highest BCUT2D eigenvalue weighted by Crippen LogP contribution is 2.33. The first-order valence-corrected chi connectivity index (χ1v) is 9.42. The predicted octanol–water partition coefficient (Wildman–Crippen LogP) is 3.81. The lowest BCUT2D eigenvalue weighted by Crippen LogP contribution is -2.43. The number of hydrogen-bond donors (Lipinski definition) is 1. The van der Waals surface area contributed by atoms with Crippen LogP contribution in [0.1, 0.15) is 40.1 Å². The van der Waals surface area contributed by atoms with Crippen LogP contribution >= 0.6 is 0 Å². The molecular formula is C21H20F4N4O2. The number of hydrogen-bond acceptors (Lipinski definition) is 4. The summed E-state index contributed by atoms with van der Waals surface area (Å²) in [4.78, 5) is 31.7. The number of amides is 2. The minimum Gasteiger partial charge on any atom is -0.350 e. The van der Waals surface area contributed by atoms with Crippen LogP contribution in [0.25, 0.3) is 0 Å². The second-order valence-corrected chi connectivity index (χ2v) is 7.24. The van der Waals surface area contributed by atoms with Crippen LogP contribution in [0.3, 0.4) is 0 Å². The maximum absolute atomic E-state index is 13.6. The largest absolute Gasteiger partial charge is 0.417 e. The van der Waals surface area contributed by atoms with E-state index in [2.05, 4.69) is 10.3 Å². The summed E-state index contributed by atoms with van der Waals surface area (Å²) in [6.45, 7) is 3.62. The average Bonchev–Trinajstić information content (AvgIpc) is 2.72. The molecule has 0 spiro atoms. The fraction of sp³-hybridized carbons (Fsp3) is 0.286. The van der Waals surface area contributed by atoms with Crippen molar-refractivity contribution >= 4 is 17.6 Å². The van der Waals surface area contributed by atoms with Gasteiger partial charge in [-0.3, -0.25) is 9.59 Å². The van der Waals surface area contributed by atoms with Gasteiger partial charge in [0.1, 0.15) is 11.6 Å². The summed E-state index contributed by atoms with van der Waals surface area (Å²) in [5, 5.41) is 2.74. The topological polar surface area (TPSA) is 65.5 Å². The molecule has 6 nitrogen and oxygen atoms in total. The molecule has 0 saturated carbocycles. The Bertz CT molecular complexity index is 1000. The van der Waals surface area contributed by atoms with Gasteiger partial charge >= 0.3 is 6.18 Å². The van der Waals surface area contributed by atoms with E-state index in [0.717, 1.165) is 4.90 Å². The van der Waals surface area contributed by atoms with Crippen LogP contribution in [-0.2, 0) is 6.18 Å². The van der Waals surface area contributed by atoms with Gasteiger partial charge in [-0.15, -0.1) is 0 Å². The van der Waals surface area contributed by atoms with Gasteiger partial charge < -0.3 is 15.1 Å². The molecule has 164 valence electrons. The summed E-state index contributed by atoms with van der Waals surface area (Å²) in [6.07, 6.45) is -0.209. The van der Waals surface area contributed by atoms with Crippen LogP contribution in [0.2, 0.25) is 0 Å². The molecule has 10 heteroatoms. The third-order valence-corrected chi connectivity index (χ3v) is 4.46. The van der Waals surface area contributed by atoms with Gasteiger partial charge in [-0.1, -0.05) is 0 Å². The summed E-state index contributed by atoms with van der Waals surface area (Å²) >= 11 is 0. The zero-order valence-electron chi connectivity index (χ0n) is 16.8. The minimum atomic E-state index is -4.79. The zero-order valence-corrected chi connectivity index (χ0v) is 16.8. The van der Waals surface area contributed by atoms with Crippen molar-refractivity contribution in [3.63, 3.8) is 0 Å². The molecule has 0 aliphatic carbocycles. The number of carbonyl (C=O) groups is 2. The van der Waals surface area contributed by atoms with E-state index in [-0.39, 0.29) is 25.2 Å². The number of anilines is 1. The lowest BCUT2D eigenvalue weighted by Gasteiger charge is -2.32. The molecule has 1 aliphatic rings. The van der Waals surface area contributed by atoms with Crippen LogP contribution in [0.15, 0.2) is 48.8 Å². The summed E-state index contributed by atoms with van der Waals surface area (Å²) in [6, 6.07) is 4.90. The van der Waals surface area contributed by atoms with Gasteiger partial charge in [0.25, 0.3) is 11.8 Å². The van der Waals surface area contributed by atoms with E-state index in [0.29, 0.717) is 29.6 Å². The highest BCUT2D eigenvalue weighted by molar-refractivity contribution is 5.96. The Kier molecular flexibility index (Phi) is 6.28. The standard InChI is InChI=1S/C21H20F4N4O2/c1-13(2)27-19(30)14-4-7-18(26-11-14)28-8-3-9-29(12-28)20(31)16-10-15(22)5-6-17(16)21(23,24)25/h3-8,10-11,13H,9,12H2,1-2H3,(H,27,30). The number of rotatable bonds is 4. The molecule has 1 aromatic carbocycles. The van der Waals surface area contributed by atoms with Crippen molar-refractivity contribution in [2.24, 2.45) is 0 Å². The number of pyridine rings is 1. The summed E-state index contributed by atoms with van der Waals surface area (Å²) in [5.41, 5.74) is -1.60. The molecule has 1 N–H and O–H groups in total. The Hall–Kier alpha value is -3.43. The molecule has 1 aromatic heterocycles. The van der Waals surface area contributed by atoms with E-state index >= 15 is 0 Å². The molecule has 2 amide bonds. The molecule has 31 heavy (non-hydrogen) atoms. The van der Waals surface area contributed by atoms with Crippen LogP contribution in [0.5, 0.6) is 0 Å². The number of aromatic nitrogens is 1. The van der Waals surface area contributed by atoms with Crippen LogP contribution < -0.4 is 10.2 Å². The van der Waals surface area contributed by atoms with E-state index in [1.54, 1.807) is 24.4 Å². The minimum absolute atomic E-state index is 0.0406. The van der Waals surface area contributed by atoms with Crippen molar-refractivity contribution in [3.8, 4) is 0 Å². The lowest BCUT2D eigenvalue weighted by atomic mass is 10.1. The quantitative estimate of drug-likeness (QED) is 0.741. The Balaban J connectivity index is 1.79. The molecule has 0 saturated heterocycles. The van der Waals surface area contributed by atoms with Crippen LogP contribution in [0, 0.1) is 5.82 Å². The lowest BCUT2D eigenvalue weighted by molar-refractivity contribution is -0.138. The van der Waals surface area contributed by atoms with Crippen LogP contribution in [0.4, 0.5) is 23.4 Å². The molecule has 0 fully saturated rings. The van der Waals surface area contributed by atoms with Gasteiger partial charge in [0.05, 0.1) is 23.4 Å². The first-order chi connectivity index (χ1) is 14.6. The number of halogens is 4. The van der Waals surface area contributed by atoms with Gasteiger partial charge in [-0.25, -0.2) is 9.37 Å². The van der Waals surface area contributed by atoms with Gasteiger partial charge in [-0.2, -0.15) is 13.2 Å². The maximum Gasteiger partial charge on any atom is 0.417 e. The Morgan fingerprint density at radius 3 is 2.52 bits per heavy atom. The molecule has 2 aromatic rings. The second-order valence-electron chi connectivity index (χ2n) is 7.24. The van der Waals surface area contributed by atoms with Gasteiger partial charge in [-0.05, 0) is 50.3 Å². The molecule has 0 radical (unpaired) electrons. The van der Waals surface area contributed by atoms with Crippen molar-refractivity contribution in [3.05, 3.63) is 71.3 Å². The summed E-state index contributed by atoms with van der Waals surface area (Å²) in [7, 11) is 0. The van der Waals surface area contributed by atoms with Crippen molar-refractivity contribution < 1.29 is 27.2 Å². The van der Waals surface area contributed by atoms with Gasteiger partial charge in [0.15, 0.2) is 0 Å². The van der Waals surface area contributed by atoms with E-state index in [9.17, 15) is 27.2 Å².